The highest BCUT2D eigenvalue weighted by Gasteiger charge is 2.41. The van der Waals surface area contributed by atoms with Gasteiger partial charge in [-0.15, -0.1) is 0 Å². The monoisotopic (exact) mass is 546 g/mol. The molecular formula is C35H46O5. The van der Waals surface area contributed by atoms with Crippen LogP contribution in [0.5, 0.6) is 0 Å². The fraction of sp³-hybridized carbons (Fsp3) is 0.486. The van der Waals surface area contributed by atoms with E-state index in [1.165, 1.54) is 32.1 Å². The number of rotatable bonds is 18. The summed E-state index contributed by atoms with van der Waals surface area (Å²) in [6.07, 6.45) is 6.86. The molecule has 0 unspecified atom stereocenters. The maximum absolute atomic E-state index is 6.53. The SMILES string of the molecule is CCCCCCCCO[C@@H]1C[C@@H](OCc2ccccc2)[C@H](OCc2ccccc2)[C@@H](COCc2ccccc2)O1. The molecule has 0 spiro atoms. The van der Waals surface area contributed by atoms with Crippen LogP contribution in [0.25, 0.3) is 0 Å². The first kappa shape index (κ1) is 30.4. The highest BCUT2D eigenvalue weighted by molar-refractivity contribution is 5.15. The minimum Gasteiger partial charge on any atom is -0.374 e. The third kappa shape index (κ3) is 10.8. The number of ether oxygens (including phenoxy) is 5. The Kier molecular flexibility index (Phi) is 13.7. The molecule has 1 aliphatic rings. The first-order chi connectivity index (χ1) is 19.8. The van der Waals surface area contributed by atoms with Crippen molar-refractivity contribution in [1.82, 2.24) is 0 Å². The third-order valence-electron chi connectivity index (χ3n) is 7.27. The Morgan fingerprint density at radius 3 is 1.80 bits per heavy atom. The summed E-state index contributed by atoms with van der Waals surface area (Å²) in [5.41, 5.74) is 3.39. The Labute approximate surface area is 240 Å². The highest BCUT2D eigenvalue weighted by atomic mass is 16.7. The number of hydrogen-bond acceptors (Lipinski definition) is 5. The van der Waals surface area contributed by atoms with Crippen LogP contribution in [-0.2, 0) is 43.5 Å². The van der Waals surface area contributed by atoms with E-state index in [9.17, 15) is 0 Å². The van der Waals surface area contributed by atoms with Gasteiger partial charge in [0, 0.05) is 13.0 Å². The van der Waals surface area contributed by atoms with Crippen molar-refractivity contribution in [3.63, 3.8) is 0 Å². The van der Waals surface area contributed by atoms with E-state index < -0.39 is 0 Å². The molecule has 1 aliphatic heterocycles. The van der Waals surface area contributed by atoms with Crippen molar-refractivity contribution in [2.45, 2.75) is 96.3 Å². The lowest BCUT2D eigenvalue weighted by atomic mass is 10.0. The lowest BCUT2D eigenvalue weighted by molar-refractivity contribution is -0.278. The molecule has 4 atom stereocenters. The van der Waals surface area contributed by atoms with Gasteiger partial charge in [-0.25, -0.2) is 0 Å². The van der Waals surface area contributed by atoms with Crippen molar-refractivity contribution in [3.05, 3.63) is 108 Å². The predicted octanol–water partition coefficient (Wildman–Crippen LogP) is 7.87. The van der Waals surface area contributed by atoms with Crippen molar-refractivity contribution in [2.75, 3.05) is 13.2 Å². The van der Waals surface area contributed by atoms with E-state index in [0.717, 1.165) is 23.1 Å². The largest absolute Gasteiger partial charge is 0.374 e. The minimum atomic E-state index is -0.349. The van der Waals surface area contributed by atoms with Gasteiger partial charge >= 0.3 is 0 Å². The van der Waals surface area contributed by atoms with Crippen molar-refractivity contribution < 1.29 is 23.7 Å². The van der Waals surface area contributed by atoms with Gasteiger partial charge in [-0.1, -0.05) is 130 Å². The smallest absolute Gasteiger partial charge is 0.160 e. The summed E-state index contributed by atoms with van der Waals surface area (Å²) in [5.74, 6) is 0. The van der Waals surface area contributed by atoms with Crippen molar-refractivity contribution in [3.8, 4) is 0 Å². The summed E-state index contributed by atoms with van der Waals surface area (Å²) in [4.78, 5) is 0. The van der Waals surface area contributed by atoms with Crippen LogP contribution in [-0.4, -0.2) is 37.8 Å². The molecule has 0 bridgehead atoms. The van der Waals surface area contributed by atoms with E-state index in [4.69, 9.17) is 23.7 Å². The second-order valence-electron chi connectivity index (χ2n) is 10.6. The first-order valence-corrected chi connectivity index (χ1v) is 15.0. The summed E-state index contributed by atoms with van der Waals surface area (Å²) < 4.78 is 32.0. The van der Waals surface area contributed by atoms with Gasteiger partial charge in [-0.05, 0) is 23.1 Å². The minimum absolute atomic E-state index is 0.183. The zero-order valence-electron chi connectivity index (χ0n) is 24.0. The summed E-state index contributed by atoms with van der Waals surface area (Å²) in [6, 6.07) is 30.7. The van der Waals surface area contributed by atoms with Crippen LogP contribution >= 0.6 is 0 Å². The third-order valence-corrected chi connectivity index (χ3v) is 7.27. The Morgan fingerprint density at radius 1 is 0.625 bits per heavy atom. The second-order valence-corrected chi connectivity index (χ2v) is 10.6. The summed E-state index contributed by atoms with van der Waals surface area (Å²) in [7, 11) is 0. The van der Waals surface area contributed by atoms with Gasteiger partial charge in [-0.2, -0.15) is 0 Å². The fourth-order valence-corrected chi connectivity index (χ4v) is 5.02. The standard InChI is InChI=1S/C35H46O5/c1-2-3-4-5-6-16-23-37-34-24-32(38-26-30-19-12-8-13-20-30)35(39-27-31-21-14-9-15-22-31)33(40-34)28-36-25-29-17-10-7-11-18-29/h7-15,17-22,32-35H,2-6,16,23-28H2,1H3/t32-,33-,34+,35+/m1/s1. The Morgan fingerprint density at radius 2 is 1.18 bits per heavy atom. The molecule has 5 heteroatoms. The second kappa shape index (κ2) is 18.0. The molecule has 3 aromatic rings. The predicted molar refractivity (Wildman–Crippen MR) is 159 cm³/mol. The van der Waals surface area contributed by atoms with Crippen molar-refractivity contribution in [1.29, 1.82) is 0 Å². The van der Waals surface area contributed by atoms with Gasteiger partial charge in [0.2, 0.25) is 0 Å². The molecule has 1 saturated heterocycles. The van der Waals surface area contributed by atoms with Gasteiger partial charge < -0.3 is 23.7 Å². The maximum Gasteiger partial charge on any atom is 0.160 e. The number of unbranched alkanes of at least 4 members (excludes halogenated alkanes) is 5. The molecule has 0 radical (unpaired) electrons. The molecule has 3 aromatic carbocycles. The zero-order valence-corrected chi connectivity index (χ0v) is 24.0. The van der Waals surface area contributed by atoms with E-state index in [1.807, 2.05) is 54.6 Å². The molecule has 1 fully saturated rings. The van der Waals surface area contributed by atoms with Gasteiger partial charge in [-0.3, -0.25) is 0 Å². The lowest BCUT2D eigenvalue weighted by Gasteiger charge is -2.41. The molecule has 0 amide bonds. The molecule has 0 aromatic heterocycles. The van der Waals surface area contributed by atoms with Crippen LogP contribution in [0, 0.1) is 0 Å². The van der Waals surface area contributed by atoms with Gasteiger partial charge in [0.15, 0.2) is 6.29 Å². The molecule has 0 N–H and O–H groups in total. The topological polar surface area (TPSA) is 46.2 Å². The van der Waals surface area contributed by atoms with Crippen molar-refractivity contribution >= 4 is 0 Å². The van der Waals surface area contributed by atoms with Crippen LogP contribution in [0.3, 0.4) is 0 Å². The quantitative estimate of drug-likeness (QED) is 0.152. The fourth-order valence-electron chi connectivity index (χ4n) is 5.02. The van der Waals surface area contributed by atoms with E-state index in [0.29, 0.717) is 39.5 Å². The van der Waals surface area contributed by atoms with E-state index in [1.54, 1.807) is 0 Å². The lowest BCUT2D eigenvalue weighted by Crippen LogP contribution is -2.53. The highest BCUT2D eigenvalue weighted by Crippen LogP contribution is 2.29. The van der Waals surface area contributed by atoms with Gasteiger partial charge in [0.25, 0.3) is 0 Å². The van der Waals surface area contributed by atoms with E-state index in [-0.39, 0.29) is 24.6 Å². The van der Waals surface area contributed by atoms with Gasteiger partial charge in [0.1, 0.15) is 12.2 Å². The van der Waals surface area contributed by atoms with E-state index >= 15 is 0 Å². The molecular weight excluding hydrogens is 500 g/mol. The normalized spacial score (nSPS) is 20.9. The summed E-state index contributed by atoms with van der Waals surface area (Å²) >= 11 is 0. The molecule has 0 saturated carbocycles. The molecule has 0 aliphatic carbocycles. The number of hydrogen-bond donors (Lipinski definition) is 0. The van der Waals surface area contributed by atoms with Crippen LogP contribution in [0.4, 0.5) is 0 Å². The van der Waals surface area contributed by atoms with Crippen LogP contribution in [0.1, 0.15) is 68.6 Å². The Hall–Kier alpha value is -2.54. The molecule has 5 nitrogen and oxygen atoms in total. The average Bonchev–Trinajstić information content (AvgIpc) is 3.00. The molecule has 1 heterocycles. The van der Waals surface area contributed by atoms with E-state index in [2.05, 4.69) is 43.3 Å². The van der Waals surface area contributed by atoms with Crippen LogP contribution in [0.2, 0.25) is 0 Å². The Balaban J connectivity index is 1.41. The van der Waals surface area contributed by atoms with Crippen LogP contribution in [0.15, 0.2) is 91.0 Å². The van der Waals surface area contributed by atoms with Gasteiger partial charge in [0.05, 0.1) is 32.5 Å². The Bertz CT molecular complexity index is 1030. The summed E-state index contributed by atoms with van der Waals surface area (Å²) in [5, 5.41) is 0. The molecule has 40 heavy (non-hydrogen) atoms. The van der Waals surface area contributed by atoms with Crippen LogP contribution < -0.4 is 0 Å². The zero-order chi connectivity index (χ0) is 27.7. The average molecular weight is 547 g/mol. The summed E-state index contributed by atoms with van der Waals surface area (Å²) in [6.45, 7) is 4.85. The maximum atomic E-state index is 6.53. The number of benzene rings is 3. The molecule has 4 rings (SSSR count). The molecule has 216 valence electrons. The first-order valence-electron chi connectivity index (χ1n) is 15.0. The van der Waals surface area contributed by atoms with Crippen molar-refractivity contribution in [2.24, 2.45) is 0 Å².